The molecule has 1 aromatic rings. The maximum atomic E-state index is 5.91. The molecule has 0 bridgehead atoms. The van der Waals surface area contributed by atoms with E-state index in [1.54, 1.807) is 6.33 Å². The number of nitrogens with zero attached hydrogens (tertiary/aromatic N) is 3. The highest BCUT2D eigenvalue weighted by Gasteiger charge is 2.26. The van der Waals surface area contributed by atoms with E-state index in [9.17, 15) is 0 Å². The van der Waals surface area contributed by atoms with Crippen molar-refractivity contribution in [3.8, 4) is 0 Å². The lowest BCUT2D eigenvalue weighted by atomic mass is 9.92. The van der Waals surface area contributed by atoms with Crippen LogP contribution in [0.1, 0.15) is 45.2 Å². The number of anilines is 1. The number of piperidine rings is 1. The van der Waals surface area contributed by atoms with Crippen LogP contribution in [-0.4, -0.2) is 29.1 Å². The van der Waals surface area contributed by atoms with Gasteiger partial charge in [0.05, 0.1) is 0 Å². The van der Waals surface area contributed by atoms with Crippen molar-refractivity contribution in [1.29, 1.82) is 0 Å². The third-order valence-corrected chi connectivity index (χ3v) is 3.81. The maximum absolute atomic E-state index is 5.91. The Morgan fingerprint density at radius 3 is 2.89 bits per heavy atom. The molecule has 100 valence electrons. The van der Waals surface area contributed by atoms with Gasteiger partial charge in [0.1, 0.15) is 12.1 Å². The average molecular weight is 248 g/mol. The highest BCUT2D eigenvalue weighted by atomic mass is 15.2. The minimum atomic E-state index is 0.420. The van der Waals surface area contributed by atoms with Crippen LogP contribution in [0.25, 0.3) is 0 Å². The van der Waals surface area contributed by atoms with Gasteiger partial charge in [-0.2, -0.15) is 0 Å². The molecule has 0 radical (unpaired) electrons. The molecule has 1 aliphatic rings. The molecule has 18 heavy (non-hydrogen) atoms. The van der Waals surface area contributed by atoms with Crippen molar-refractivity contribution in [3.63, 3.8) is 0 Å². The zero-order valence-corrected chi connectivity index (χ0v) is 11.6. The summed E-state index contributed by atoms with van der Waals surface area (Å²) in [6, 6.07) is 2.53. The van der Waals surface area contributed by atoms with E-state index in [4.69, 9.17) is 5.73 Å². The molecule has 2 heterocycles. The summed E-state index contributed by atoms with van der Waals surface area (Å²) in [6.45, 7) is 8.37. The van der Waals surface area contributed by atoms with Gasteiger partial charge in [0.25, 0.3) is 0 Å². The fourth-order valence-electron chi connectivity index (χ4n) is 2.61. The van der Waals surface area contributed by atoms with Gasteiger partial charge in [0.2, 0.25) is 0 Å². The van der Waals surface area contributed by atoms with Crippen LogP contribution in [-0.2, 0) is 0 Å². The molecule has 2 atom stereocenters. The van der Waals surface area contributed by atoms with Crippen LogP contribution >= 0.6 is 0 Å². The summed E-state index contributed by atoms with van der Waals surface area (Å²) < 4.78 is 0. The summed E-state index contributed by atoms with van der Waals surface area (Å²) in [5.74, 6) is 2.24. The molecule has 0 aromatic carbocycles. The minimum Gasteiger partial charge on any atom is -0.352 e. The summed E-state index contributed by atoms with van der Waals surface area (Å²) in [5.41, 5.74) is 7.01. The molecule has 0 spiro atoms. The highest BCUT2D eigenvalue weighted by molar-refractivity contribution is 5.41. The molecule has 4 nitrogen and oxygen atoms in total. The summed E-state index contributed by atoms with van der Waals surface area (Å²) in [6.07, 6.45) is 4.06. The zero-order valence-electron chi connectivity index (χ0n) is 11.6. The van der Waals surface area contributed by atoms with Gasteiger partial charge in [-0.05, 0) is 24.7 Å². The fraction of sp³-hybridized carbons (Fsp3) is 0.714. The monoisotopic (exact) mass is 248 g/mol. The molecule has 1 aliphatic heterocycles. The molecule has 1 fully saturated rings. The molecule has 2 unspecified atom stereocenters. The molecule has 0 aliphatic carbocycles. The van der Waals surface area contributed by atoms with Gasteiger partial charge < -0.3 is 10.6 Å². The molecule has 1 aromatic heterocycles. The summed E-state index contributed by atoms with van der Waals surface area (Å²) in [5, 5.41) is 0. The van der Waals surface area contributed by atoms with E-state index in [-0.39, 0.29) is 0 Å². The van der Waals surface area contributed by atoms with Gasteiger partial charge in [-0.15, -0.1) is 0 Å². The van der Waals surface area contributed by atoms with E-state index in [2.05, 4.69) is 41.7 Å². The molecule has 4 heteroatoms. The van der Waals surface area contributed by atoms with Crippen molar-refractivity contribution in [2.75, 3.05) is 18.0 Å². The Morgan fingerprint density at radius 2 is 2.22 bits per heavy atom. The van der Waals surface area contributed by atoms with Gasteiger partial charge in [-0.3, -0.25) is 0 Å². The van der Waals surface area contributed by atoms with Crippen LogP contribution in [0.4, 0.5) is 5.82 Å². The topological polar surface area (TPSA) is 55.0 Å². The lowest BCUT2D eigenvalue weighted by molar-refractivity contribution is 0.364. The number of aromatic nitrogens is 2. The van der Waals surface area contributed by atoms with Crippen LogP contribution in [0.15, 0.2) is 12.4 Å². The number of hydrogen-bond donors (Lipinski definition) is 1. The Hall–Kier alpha value is -1.16. The van der Waals surface area contributed by atoms with Crippen LogP contribution in [0.5, 0.6) is 0 Å². The molecule has 2 rings (SSSR count). The van der Waals surface area contributed by atoms with Crippen molar-refractivity contribution in [3.05, 3.63) is 18.1 Å². The lowest BCUT2D eigenvalue weighted by Gasteiger charge is -2.38. The summed E-state index contributed by atoms with van der Waals surface area (Å²) in [4.78, 5) is 11.1. The minimum absolute atomic E-state index is 0.420. The Kier molecular flexibility index (Phi) is 4.17. The Bertz CT molecular complexity index is 391. The number of nitrogens with two attached hydrogens (primary N) is 1. The lowest BCUT2D eigenvalue weighted by Crippen LogP contribution is -2.46. The first kappa shape index (κ1) is 13.3. The first-order chi connectivity index (χ1) is 8.61. The quantitative estimate of drug-likeness (QED) is 0.890. The molecule has 0 saturated carbocycles. The van der Waals surface area contributed by atoms with E-state index in [1.807, 2.05) is 0 Å². The first-order valence-electron chi connectivity index (χ1n) is 6.90. The van der Waals surface area contributed by atoms with Gasteiger partial charge in [0, 0.05) is 30.9 Å². The standard InChI is InChI=1S/C14H24N4/c1-10(2)13-7-14(17-9-16-13)18-5-4-11(3)6-12(18)8-15/h7,9-12H,4-6,8,15H2,1-3H3. The third kappa shape index (κ3) is 2.80. The molecule has 1 saturated heterocycles. The number of hydrogen-bond acceptors (Lipinski definition) is 4. The Morgan fingerprint density at radius 1 is 1.44 bits per heavy atom. The van der Waals surface area contributed by atoms with Crippen LogP contribution in [0.2, 0.25) is 0 Å². The summed E-state index contributed by atoms with van der Waals surface area (Å²) >= 11 is 0. The van der Waals surface area contributed by atoms with Gasteiger partial charge in [-0.1, -0.05) is 20.8 Å². The smallest absolute Gasteiger partial charge is 0.132 e. The van der Waals surface area contributed by atoms with Crippen LogP contribution in [0, 0.1) is 5.92 Å². The molecule has 0 amide bonds. The fourth-order valence-corrected chi connectivity index (χ4v) is 2.61. The van der Waals surface area contributed by atoms with Crippen molar-refractivity contribution in [1.82, 2.24) is 9.97 Å². The number of rotatable bonds is 3. The van der Waals surface area contributed by atoms with E-state index in [0.717, 1.165) is 30.4 Å². The highest BCUT2D eigenvalue weighted by Crippen LogP contribution is 2.27. The Balaban J connectivity index is 2.21. The second kappa shape index (κ2) is 5.65. The summed E-state index contributed by atoms with van der Waals surface area (Å²) in [7, 11) is 0. The predicted octanol–water partition coefficient (Wildman–Crippen LogP) is 2.16. The first-order valence-corrected chi connectivity index (χ1v) is 6.90. The van der Waals surface area contributed by atoms with Crippen molar-refractivity contribution in [2.45, 2.75) is 45.6 Å². The molecule has 2 N–H and O–H groups in total. The largest absolute Gasteiger partial charge is 0.352 e. The third-order valence-electron chi connectivity index (χ3n) is 3.81. The van der Waals surface area contributed by atoms with E-state index in [1.165, 1.54) is 6.42 Å². The zero-order chi connectivity index (χ0) is 13.1. The van der Waals surface area contributed by atoms with Gasteiger partial charge in [-0.25, -0.2) is 9.97 Å². The van der Waals surface area contributed by atoms with Gasteiger partial charge >= 0.3 is 0 Å². The van der Waals surface area contributed by atoms with E-state index >= 15 is 0 Å². The molecular weight excluding hydrogens is 224 g/mol. The van der Waals surface area contributed by atoms with Crippen molar-refractivity contribution < 1.29 is 0 Å². The van der Waals surface area contributed by atoms with Gasteiger partial charge in [0.15, 0.2) is 0 Å². The SMILES string of the molecule is CC1CCN(c2cc(C(C)C)ncn2)C(CN)C1. The van der Waals surface area contributed by atoms with Crippen molar-refractivity contribution in [2.24, 2.45) is 11.7 Å². The van der Waals surface area contributed by atoms with Crippen molar-refractivity contribution >= 4 is 5.82 Å². The second-order valence-electron chi connectivity index (χ2n) is 5.67. The average Bonchev–Trinajstić information content (AvgIpc) is 2.38. The van der Waals surface area contributed by atoms with E-state index < -0.39 is 0 Å². The second-order valence-corrected chi connectivity index (χ2v) is 5.67. The van der Waals surface area contributed by atoms with Crippen LogP contribution < -0.4 is 10.6 Å². The maximum Gasteiger partial charge on any atom is 0.132 e. The Labute approximate surface area is 110 Å². The van der Waals surface area contributed by atoms with Crippen LogP contribution in [0.3, 0.4) is 0 Å². The molecular formula is C14H24N4. The van der Waals surface area contributed by atoms with E-state index in [0.29, 0.717) is 18.5 Å². The predicted molar refractivity (Wildman–Crippen MR) is 74.7 cm³/mol. The normalized spacial score (nSPS) is 24.6.